The van der Waals surface area contributed by atoms with E-state index in [0.29, 0.717) is 6.04 Å². The Morgan fingerprint density at radius 3 is 1.86 bits per heavy atom. The molecule has 0 fully saturated rings. The summed E-state index contributed by atoms with van der Waals surface area (Å²) in [5.41, 5.74) is 0. The second-order valence-electron chi connectivity index (χ2n) is 1.97. The van der Waals surface area contributed by atoms with Gasteiger partial charge in [0.05, 0.1) is 0 Å². The minimum atomic E-state index is -2.66. The molecule has 0 aromatic rings. The third-order valence-corrected chi connectivity index (χ3v) is 2.17. The second kappa shape index (κ2) is 2.45. The molecule has 2 nitrogen and oxygen atoms in total. The SMILES string of the molecule is CCC[Si](C)(O)O. The van der Waals surface area contributed by atoms with Crippen molar-refractivity contribution in [2.75, 3.05) is 0 Å². The lowest BCUT2D eigenvalue weighted by molar-refractivity contribution is 0.369. The van der Waals surface area contributed by atoms with Crippen LogP contribution in [-0.4, -0.2) is 18.2 Å². The Morgan fingerprint density at radius 2 is 1.86 bits per heavy atom. The van der Waals surface area contributed by atoms with Gasteiger partial charge in [-0.2, -0.15) is 0 Å². The van der Waals surface area contributed by atoms with E-state index in [-0.39, 0.29) is 0 Å². The van der Waals surface area contributed by atoms with Crippen LogP contribution in [0.25, 0.3) is 0 Å². The topological polar surface area (TPSA) is 40.5 Å². The molecule has 0 amide bonds. The summed E-state index contributed by atoms with van der Waals surface area (Å²) in [5.74, 6) is 0. The van der Waals surface area contributed by atoms with Gasteiger partial charge in [0.2, 0.25) is 0 Å². The third kappa shape index (κ3) is 6.14. The van der Waals surface area contributed by atoms with E-state index in [9.17, 15) is 0 Å². The Bertz CT molecular complexity index is 48.1. The molecule has 7 heavy (non-hydrogen) atoms. The fourth-order valence-corrected chi connectivity index (χ4v) is 1.42. The predicted molar refractivity (Wildman–Crippen MR) is 31.2 cm³/mol. The summed E-state index contributed by atoms with van der Waals surface area (Å²) >= 11 is 0. The minimum absolute atomic E-state index is 0.590. The van der Waals surface area contributed by atoms with E-state index in [1.54, 1.807) is 0 Å². The number of rotatable bonds is 2. The van der Waals surface area contributed by atoms with Gasteiger partial charge < -0.3 is 9.59 Å². The molecule has 0 aromatic heterocycles. The minimum Gasteiger partial charge on any atom is -0.411 e. The lowest BCUT2D eigenvalue weighted by atomic mass is 10.6. The van der Waals surface area contributed by atoms with Crippen molar-refractivity contribution < 1.29 is 9.59 Å². The summed E-state index contributed by atoms with van der Waals surface area (Å²) in [6, 6.07) is 0.590. The summed E-state index contributed by atoms with van der Waals surface area (Å²) in [5, 5.41) is 0. The maximum absolute atomic E-state index is 8.71. The van der Waals surface area contributed by atoms with Crippen LogP contribution in [0, 0.1) is 0 Å². The quantitative estimate of drug-likeness (QED) is 0.519. The first-order chi connectivity index (χ1) is 3.06. The smallest absolute Gasteiger partial charge is 0.329 e. The molecule has 2 N–H and O–H groups in total. The van der Waals surface area contributed by atoms with Crippen LogP contribution in [0.1, 0.15) is 13.3 Å². The zero-order valence-corrected chi connectivity index (χ0v) is 5.81. The summed E-state index contributed by atoms with van der Waals surface area (Å²) in [7, 11) is -2.66. The highest BCUT2D eigenvalue weighted by Crippen LogP contribution is 2.01. The van der Waals surface area contributed by atoms with Crippen LogP contribution >= 0.6 is 0 Å². The molecule has 0 aliphatic carbocycles. The van der Waals surface area contributed by atoms with Crippen LogP contribution in [-0.2, 0) is 0 Å². The molecule has 0 aromatic carbocycles. The Kier molecular flexibility index (Phi) is 2.49. The Hall–Kier alpha value is 0.137. The van der Waals surface area contributed by atoms with E-state index in [1.807, 2.05) is 6.92 Å². The van der Waals surface area contributed by atoms with E-state index >= 15 is 0 Å². The van der Waals surface area contributed by atoms with Gasteiger partial charge in [0, 0.05) is 0 Å². The molecule has 0 spiro atoms. The molecule has 0 bridgehead atoms. The van der Waals surface area contributed by atoms with Crippen molar-refractivity contribution in [3.8, 4) is 0 Å². The Labute approximate surface area is 45.1 Å². The van der Waals surface area contributed by atoms with Crippen molar-refractivity contribution in [3.63, 3.8) is 0 Å². The predicted octanol–water partition coefficient (Wildman–Crippen LogP) is 0.453. The third-order valence-electron chi connectivity index (χ3n) is 0.724. The van der Waals surface area contributed by atoms with E-state index in [1.165, 1.54) is 6.55 Å². The summed E-state index contributed by atoms with van der Waals surface area (Å²) in [4.78, 5) is 17.4. The molecule has 0 unspecified atom stereocenters. The zero-order chi connectivity index (χ0) is 5.91. The van der Waals surface area contributed by atoms with Crippen molar-refractivity contribution in [1.82, 2.24) is 0 Å². The highest BCUT2D eigenvalue weighted by Gasteiger charge is 2.18. The molecule has 0 atom stereocenters. The molecule has 0 rings (SSSR count). The van der Waals surface area contributed by atoms with E-state index in [0.717, 1.165) is 6.42 Å². The van der Waals surface area contributed by atoms with Gasteiger partial charge in [-0.1, -0.05) is 13.3 Å². The molecular weight excluding hydrogens is 108 g/mol. The first kappa shape index (κ1) is 7.14. The molecule has 0 radical (unpaired) electrons. The van der Waals surface area contributed by atoms with Gasteiger partial charge in [0.25, 0.3) is 0 Å². The molecule has 0 aliphatic rings. The van der Waals surface area contributed by atoms with Gasteiger partial charge >= 0.3 is 8.56 Å². The lowest BCUT2D eigenvalue weighted by Gasteiger charge is -2.07. The fourth-order valence-electron chi connectivity index (χ4n) is 0.474. The van der Waals surface area contributed by atoms with Crippen molar-refractivity contribution in [2.24, 2.45) is 0 Å². The molecule has 0 aliphatic heterocycles. The molecule has 0 saturated carbocycles. The van der Waals surface area contributed by atoms with Crippen LogP contribution in [0.15, 0.2) is 0 Å². The van der Waals surface area contributed by atoms with E-state index in [4.69, 9.17) is 9.59 Å². The normalized spacial score (nSPS) is 12.0. The maximum Gasteiger partial charge on any atom is 0.329 e. The molecule has 0 saturated heterocycles. The van der Waals surface area contributed by atoms with Crippen LogP contribution in [0.5, 0.6) is 0 Å². The fraction of sp³-hybridized carbons (Fsp3) is 1.00. The summed E-state index contributed by atoms with van der Waals surface area (Å²) in [6.45, 7) is 3.47. The lowest BCUT2D eigenvalue weighted by Crippen LogP contribution is -2.28. The monoisotopic (exact) mass is 120 g/mol. The number of hydrogen-bond acceptors (Lipinski definition) is 2. The van der Waals surface area contributed by atoms with Gasteiger partial charge in [-0.05, 0) is 12.6 Å². The first-order valence-electron chi connectivity index (χ1n) is 2.51. The summed E-state index contributed by atoms with van der Waals surface area (Å²) < 4.78 is 0. The second-order valence-corrected chi connectivity index (χ2v) is 4.90. The van der Waals surface area contributed by atoms with E-state index < -0.39 is 8.56 Å². The summed E-state index contributed by atoms with van der Waals surface area (Å²) in [6.07, 6.45) is 0.871. The molecule has 44 valence electrons. The Balaban J connectivity index is 3.15. The van der Waals surface area contributed by atoms with Crippen LogP contribution in [0.3, 0.4) is 0 Å². The maximum atomic E-state index is 8.71. The van der Waals surface area contributed by atoms with Crippen molar-refractivity contribution >= 4 is 8.56 Å². The van der Waals surface area contributed by atoms with Crippen molar-refractivity contribution in [1.29, 1.82) is 0 Å². The highest BCUT2D eigenvalue weighted by molar-refractivity contribution is 6.63. The molecule has 3 heteroatoms. The average molecular weight is 120 g/mol. The van der Waals surface area contributed by atoms with Gasteiger partial charge in [-0.15, -0.1) is 0 Å². The highest BCUT2D eigenvalue weighted by atomic mass is 28.4. The first-order valence-corrected chi connectivity index (χ1v) is 5.11. The standard InChI is InChI=1S/C4H12O2Si/c1-3-4-7(2,5)6/h5-6H,3-4H2,1-2H3. The van der Waals surface area contributed by atoms with Crippen LogP contribution < -0.4 is 0 Å². The largest absolute Gasteiger partial charge is 0.411 e. The molecular formula is C4H12O2Si. The number of hydrogen-bond donors (Lipinski definition) is 2. The van der Waals surface area contributed by atoms with Crippen LogP contribution in [0.4, 0.5) is 0 Å². The van der Waals surface area contributed by atoms with Crippen molar-refractivity contribution in [3.05, 3.63) is 0 Å². The van der Waals surface area contributed by atoms with Gasteiger partial charge in [-0.3, -0.25) is 0 Å². The van der Waals surface area contributed by atoms with Crippen LogP contribution in [0.2, 0.25) is 12.6 Å². The average Bonchev–Trinajstić information content (AvgIpc) is 1.30. The molecule has 0 heterocycles. The zero-order valence-electron chi connectivity index (χ0n) is 4.81. The van der Waals surface area contributed by atoms with E-state index in [2.05, 4.69) is 0 Å². The Morgan fingerprint density at radius 1 is 1.43 bits per heavy atom. The van der Waals surface area contributed by atoms with Gasteiger partial charge in [0.1, 0.15) is 0 Å². The van der Waals surface area contributed by atoms with Crippen molar-refractivity contribution in [2.45, 2.75) is 25.9 Å². The van der Waals surface area contributed by atoms with Gasteiger partial charge in [0.15, 0.2) is 0 Å². The van der Waals surface area contributed by atoms with Gasteiger partial charge in [-0.25, -0.2) is 0 Å².